The second-order valence-electron chi connectivity index (χ2n) is 6.34. The molecular formula is C13H25NO3S. The SMILES string of the molecule is CC(C)OCC1(CN2CC[C@@H](S(C)(=O)=O)C2)CC1. The quantitative estimate of drug-likeness (QED) is 0.733. The molecule has 0 aromatic heterocycles. The monoisotopic (exact) mass is 275 g/mol. The van der Waals surface area contributed by atoms with Crippen molar-refractivity contribution in [1.82, 2.24) is 4.90 Å². The molecule has 5 heteroatoms. The van der Waals surface area contributed by atoms with E-state index in [1.807, 2.05) is 0 Å². The Labute approximate surface area is 111 Å². The first-order valence-electron chi connectivity index (χ1n) is 6.84. The summed E-state index contributed by atoms with van der Waals surface area (Å²) in [6, 6.07) is 0. The number of sulfone groups is 1. The highest BCUT2D eigenvalue weighted by Crippen LogP contribution is 2.47. The summed E-state index contributed by atoms with van der Waals surface area (Å²) in [6.45, 7) is 7.58. The zero-order valence-corrected chi connectivity index (χ0v) is 12.5. The van der Waals surface area contributed by atoms with Gasteiger partial charge in [-0.25, -0.2) is 8.42 Å². The van der Waals surface area contributed by atoms with Crippen LogP contribution in [0.15, 0.2) is 0 Å². The topological polar surface area (TPSA) is 46.6 Å². The molecule has 0 unspecified atom stereocenters. The lowest BCUT2D eigenvalue weighted by atomic mass is 10.1. The van der Waals surface area contributed by atoms with Crippen molar-refractivity contribution >= 4 is 9.84 Å². The van der Waals surface area contributed by atoms with E-state index < -0.39 is 9.84 Å². The third kappa shape index (κ3) is 3.68. The van der Waals surface area contributed by atoms with Crippen molar-refractivity contribution in [2.24, 2.45) is 5.41 Å². The molecule has 0 radical (unpaired) electrons. The highest BCUT2D eigenvalue weighted by atomic mass is 32.2. The van der Waals surface area contributed by atoms with Gasteiger partial charge in [-0.1, -0.05) is 0 Å². The Morgan fingerprint density at radius 2 is 2.06 bits per heavy atom. The van der Waals surface area contributed by atoms with E-state index in [4.69, 9.17) is 4.74 Å². The van der Waals surface area contributed by atoms with E-state index in [0.29, 0.717) is 12.0 Å². The Hall–Kier alpha value is -0.130. The van der Waals surface area contributed by atoms with Gasteiger partial charge in [-0.3, -0.25) is 0 Å². The fourth-order valence-corrected chi connectivity index (χ4v) is 3.65. The minimum Gasteiger partial charge on any atom is -0.378 e. The van der Waals surface area contributed by atoms with Crippen molar-refractivity contribution in [2.75, 3.05) is 32.5 Å². The molecule has 1 saturated heterocycles. The van der Waals surface area contributed by atoms with Gasteiger partial charge >= 0.3 is 0 Å². The summed E-state index contributed by atoms with van der Waals surface area (Å²) in [5, 5.41) is -0.153. The molecule has 1 atom stereocenters. The Morgan fingerprint density at radius 1 is 1.39 bits per heavy atom. The summed E-state index contributed by atoms with van der Waals surface area (Å²) < 4.78 is 28.8. The molecule has 1 aliphatic carbocycles. The average molecular weight is 275 g/mol. The second-order valence-corrected chi connectivity index (χ2v) is 8.66. The summed E-state index contributed by atoms with van der Waals surface area (Å²) in [5.74, 6) is 0. The average Bonchev–Trinajstić information content (AvgIpc) is 2.82. The van der Waals surface area contributed by atoms with Gasteiger partial charge in [-0.05, 0) is 39.7 Å². The third-order valence-electron chi connectivity index (χ3n) is 4.07. The van der Waals surface area contributed by atoms with E-state index >= 15 is 0 Å². The molecule has 2 fully saturated rings. The molecule has 18 heavy (non-hydrogen) atoms. The molecule has 1 saturated carbocycles. The van der Waals surface area contributed by atoms with Crippen molar-refractivity contribution in [3.8, 4) is 0 Å². The summed E-state index contributed by atoms with van der Waals surface area (Å²) in [5.41, 5.74) is 0.316. The number of hydrogen-bond donors (Lipinski definition) is 0. The minimum atomic E-state index is -2.87. The molecular weight excluding hydrogens is 250 g/mol. The zero-order chi connectivity index (χ0) is 13.4. The van der Waals surface area contributed by atoms with Crippen molar-refractivity contribution < 1.29 is 13.2 Å². The van der Waals surface area contributed by atoms with E-state index in [1.165, 1.54) is 19.1 Å². The molecule has 1 aliphatic heterocycles. The highest BCUT2D eigenvalue weighted by molar-refractivity contribution is 7.91. The van der Waals surface area contributed by atoms with Crippen molar-refractivity contribution in [1.29, 1.82) is 0 Å². The molecule has 0 N–H and O–H groups in total. The predicted molar refractivity (Wildman–Crippen MR) is 72.4 cm³/mol. The number of hydrogen-bond acceptors (Lipinski definition) is 4. The van der Waals surface area contributed by atoms with Crippen molar-refractivity contribution in [3.63, 3.8) is 0 Å². The molecule has 0 amide bonds. The van der Waals surface area contributed by atoms with Crippen LogP contribution in [-0.4, -0.2) is 57.2 Å². The smallest absolute Gasteiger partial charge is 0.151 e. The second kappa shape index (κ2) is 5.10. The highest BCUT2D eigenvalue weighted by Gasteiger charge is 2.45. The minimum absolute atomic E-state index is 0.153. The summed E-state index contributed by atoms with van der Waals surface area (Å²) >= 11 is 0. The molecule has 2 rings (SSSR count). The first-order chi connectivity index (χ1) is 8.31. The van der Waals surface area contributed by atoms with E-state index in [9.17, 15) is 8.42 Å². The van der Waals surface area contributed by atoms with Crippen LogP contribution in [0, 0.1) is 5.41 Å². The van der Waals surface area contributed by atoms with E-state index in [2.05, 4.69) is 18.7 Å². The first kappa shape index (κ1) is 14.3. The van der Waals surface area contributed by atoms with Crippen LogP contribution in [0.1, 0.15) is 33.1 Å². The summed E-state index contributed by atoms with van der Waals surface area (Å²) in [7, 11) is -2.87. The van der Waals surface area contributed by atoms with Gasteiger partial charge < -0.3 is 9.64 Å². The van der Waals surface area contributed by atoms with Crippen LogP contribution in [0.25, 0.3) is 0 Å². The Morgan fingerprint density at radius 3 is 2.50 bits per heavy atom. The van der Waals surface area contributed by atoms with Gasteiger partial charge in [0.2, 0.25) is 0 Å². The Bertz CT molecular complexity index is 387. The standard InChI is InChI=1S/C13H25NO3S/c1-11(2)17-10-13(5-6-13)9-14-7-4-12(8-14)18(3,15)16/h11-12H,4-10H2,1-3H3/t12-/m1/s1. The fraction of sp³-hybridized carbons (Fsp3) is 1.00. The summed E-state index contributed by atoms with van der Waals surface area (Å²) in [4.78, 5) is 2.31. The Kier molecular flexibility index (Phi) is 4.04. The van der Waals surface area contributed by atoms with E-state index in [0.717, 1.165) is 26.1 Å². The van der Waals surface area contributed by atoms with E-state index in [1.54, 1.807) is 0 Å². The van der Waals surface area contributed by atoms with Gasteiger partial charge in [-0.15, -0.1) is 0 Å². The van der Waals surface area contributed by atoms with Crippen LogP contribution in [-0.2, 0) is 14.6 Å². The molecule has 0 aromatic carbocycles. The van der Waals surface area contributed by atoms with Gasteiger partial charge in [0.05, 0.1) is 18.0 Å². The van der Waals surface area contributed by atoms with Crippen molar-refractivity contribution in [3.05, 3.63) is 0 Å². The van der Waals surface area contributed by atoms with Crippen LogP contribution in [0.3, 0.4) is 0 Å². The first-order valence-corrected chi connectivity index (χ1v) is 8.79. The van der Waals surface area contributed by atoms with Gasteiger partial charge in [-0.2, -0.15) is 0 Å². The van der Waals surface area contributed by atoms with E-state index in [-0.39, 0.29) is 11.4 Å². The van der Waals surface area contributed by atoms with Crippen LogP contribution in [0.4, 0.5) is 0 Å². The lowest BCUT2D eigenvalue weighted by Crippen LogP contribution is -2.33. The molecule has 0 spiro atoms. The lowest BCUT2D eigenvalue weighted by Gasteiger charge is -2.24. The molecule has 0 aromatic rings. The van der Waals surface area contributed by atoms with Gasteiger partial charge in [0, 0.05) is 24.8 Å². The van der Waals surface area contributed by atoms with Crippen LogP contribution < -0.4 is 0 Å². The maximum atomic E-state index is 11.5. The summed E-state index contributed by atoms with van der Waals surface area (Å²) in [6.07, 6.45) is 4.87. The molecule has 0 bridgehead atoms. The third-order valence-corrected chi connectivity index (χ3v) is 5.67. The number of likely N-dealkylation sites (tertiary alicyclic amines) is 1. The molecule has 2 aliphatic rings. The van der Waals surface area contributed by atoms with Crippen LogP contribution in [0.2, 0.25) is 0 Å². The maximum Gasteiger partial charge on any atom is 0.151 e. The van der Waals surface area contributed by atoms with Crippen LogP contribution >= 0.6 is 0 Å². The Balaban J connectivity index is 1.81. The predicted octanol–water partition coefficient (Wildman–Crippen LogP) is 1.31. The molecule has 1 heterocycles. The maximum absolute atomic E-state index is 11.5. The van der Waals surface area contributed by atoms with Gasteiger partial charge in [0.25, 0.3) is 0 Å². The zero-order valence-electron chi connectivity index (χ0n) is 11.7. The largest absolute Gasteiger partial charge is 0.378 e. The molecule has 4 nitrogen and oxygen atoms in total. The van der Waals surface area contributed by atoms with Gasteiger partial charge in [0.15, 0.2) is 9.84 Å². The normalized spacial score (nSPS) is 27.9. The molecule has 106 valence electrons. The van der Waals surface area contributed by atoms with Crippen LogP contribution in [0.5, 0.6) is 0 Å². The van der Waals surface area contributed by atoms with Gasteiger partial charge in [0.1, 0.15) is 0 Å². The van der Waals surface area contributed by atoms with Crippen molar-refractivity contribution in [2.45, 2.75) is 44.5 Å². The lowest BCUT2D eigenvalue weighted by molar-refractivity contribution is 0.0335. The fourth-order valence-electron chi connectivity index (χ4n) is 2.63. The number of nitrogens with zero attached hydrogens (tertiary/aromatic N) is 1. The number of rotatable bonds is 6. The number of ether oxygens (including phenoxy) is 1.